The molecule has 0 saturated carbocycles. The van der Waals surface area contributed by atoms with Gasteiger partial charge in [0.2, 0.25) is 6.23 Å². The lowest BCUT2D eigenvalue weighted by atomic mass is 10.1. The second kappa shape index (κ2) is 8.76. The van der Waals surface area contributed by atoms with Crippen molar-refractivity contribution in [1.82, 2.24) is 4.90 Å². The summed E-state index contributed by atoms with van der Waals surface area (Å²) in [4.78, 5) is 26.6. The zero-order valence-electron chi connectivity index (χ0n) is 14.5. The van der Waals surface area contributed by atoms with Gasteiger partial charge in [0.25, 0.3) is 0 Å². The summed E-state index contributed by atoms with van der Waals surface area (Å²) in [5, 5.41) is 0. The number of cyclic esters (lactones) is 1. The molecule has 5 nitrogen and oxygen atoms in total. The smallest absolute Gasteiger partial charge is 0.414 e. The lowest BCUT2D eigenvalue weighted by Gasteiger charge is -2.25. The first kappa shape index (κ1) is 18.3. The molecule has 2 aromatic rings. The first-order valence-corrected chi connectivity index (χ1v) is 9.83. The number of ether oxygens (including phenoxy) is 2. The number of hydrogen-bond acceptors (Lipinski definition) is 5. The average Bonchev–Trinajstić information content (AvgIpc) is 3.02. The van der Waals surface area contributed by atoms with Crippen LogP contribution in [0.5, 0.6) is 0 Å². The quantitative estimate of drug-likeness (QED) is 0.719. The van der Waals surface area contributed by atoms with Crippen LogP contribution in [0.2, 0.25) is 0 Å². The maximum Gasteiger partial charge on any atom is 0.414 e. The van der Waals surface area contributed by atoms with Gasteiger partial charge in [-0.05, 0) is 24.0 Å². The van der Waals surface area contributed by atoms with Gasteiger partial charge < -0.3 is 9.47 Å². The van der Waals surface area contributed by atoms with E-state index in [1.165, 1.54) is 4.90 Å². The normalized spacial score (nSPS) is 19.3. The molecule has 1 amide bonds. The van der Waals surface area contributed by atoms with Crippen molar-refractivity contribution < 1.29 is 19.1 Å². The highest BCUT2D eigenvalue weighted by molar-refractivity contribution is 7.98. The van der Waals surface area contributed by atoms with E-state index in [-0.39, 0.29) is 12.6 Å². The number of hydrogen-bond donors (Lipinski definition) is 0. The Balaban J connectivity index is 1.78. The van der Waals surface area contributed by atoms with Crippen molar-refractivity contribution in [3.05, 3.63) is 71.8 Å². The van der Waals surface area contributed by atoms with Gasteiger partial charge in [-0.3, -0.25) is 4.90 Å². The molecule has 0 radical (unpaired) electrons. The molecule has 2 aromatic carbocycles. The summed E-state index contributed by atoms with van der Waals surface area (Å²) in [5.41, 5.74) is 1.65. The van der Waals surface area contributed by atoms with Crippen LogP contribution in [0, 0.1) is 0 Å². The molecule has 1 saturated heterocycles. The largest absolute Gasteiger partial charge is 0.444 e. The van der Waals surface area contributed by atoms with E-state index >= 15 is 0 Å². The van der Waals surface area contributed by atoms with E-state index in [0.29, 0.717) is 6.42 Å². The Morgan fingerprint density at radius 2 is 1.77 bits per heavy atom. The molecule has 0 bridgehead atoms. The summed E-state index contributed by atoms with van der Waals surface area (Å²) >= 11 is 1.62. The van der Waals surface area contributed by atoms with Crippen molar-refractivity contribution in [2.75, 3.05) is 12.0 Å². The minimum atomic E-state index is -0.751. The van der Waals surface area contributed by atoms with Gasteiger partial charge >= 0.3 is 12.1 Å². The molecule has 3 rings (SSSR count). The van der Waals surface area contributed by atoms with E-state index in [1.54, 1.807) is 11.8 Å². The molecule has 2 atom stereocenters. The Labute approximate surface area is 157 Å². The lowest BCUT2D eigenvalue weighted by molar-refractivity contribution is -0.143. The highest BCUT2D eigenvalue weighted by Crippen LogP contribution is 2.34. The number of carbonyl (C=O) groups is 2. The maximum atomic E-state index is 12.8. The minimum Gasteiger partial charge on any atom is -0.444 e. The SMILES string of the molecule is CSCC[C@@H]1C(=O)O[C@H](c2ccccc2)N1C(=O)OCc1ccccc1. The molecular formula is C20H21NO4S. The Kier molecular flexibility index (Phi) is 6.17. The van der Waals surface area contributed by atoms with E-state index in [0.717, 1.165) is 16.9 Å². The van der Waals surface area contributed by atoms with Crippen LogP contribution in [-0.4, -0.2) is 35.0 Å². The second-order valence-electron chi connectivity index (χ2n) is 5.94. The standard InChI is InChI=1S/C20H21NO4S/c1-26-13-12-17-19(22)25-18(16-10-6-3-7-11-16)21(17)20(23)24-14-15-8-4-2-5-9-15/h2-11,17-18H,12-14H2,1H3/t17-,18-/m1/s1. The number of esters is 1. The number of rotatable bonds is 6. The molecule has 26 heavy (non-hydrogen) atoms. The van der Waals surface area contributed by atoms with Crippen molar-refractivity contribution in [2.24, 2.45) is 0 Å². The Morgan fingerprint density at radius 1 is 1.12 bits per heavy atom. The van der Waals surface area contributed by atoms with Crippen molar-refractivity contribution in [3.8, 4) is 0 Å². The fourth-order valence-electron chi connectivity index (χ4n) is 2.87. The third-order valence-corrected chi connectivity index (χ3v) is 4.83. The third-order valence-electron chi connectivity index (χ3n) is 4.18. The number of nitrogens with zero attached hydrogens (tertiary/aromatic N) is 1. The fraction of sp³-hybridized carbons (Fsp3) is 0.300. The van der Waals surface area contributed by atoms with Crippen molar-refractivity contribution in [2.45, 2.75) is 25.3 Å². The zero-order valence-corrected chi connectivity index (χ0v) is 15.4. The summed E-state index contributed by atoms with van der Waals surface area (Å²) in [6.07, 6.45) is 1.20. The Hall–Kier alpha value is -2.47. The predicted octanol–water partition coefficient (Wildman–Crippen LogP) is 4.00. The van der Waals surface area contributed by atoms with Gasteiger partial charge in [0.05, 0.1) is 0 Å². The molecule has 0 spiro atoms. The lowest BCUT2D eigenvalue weighted by Crippen LogP contribution is -2.40. The van der Waals surface area contributed by atoms with Crippen molar-refractivity contribution in [1.29, 1.82) is 0 Å². The first-order valence-electron chi connectivity index (χ1n) is 8.44. The fourth-order valence-corrected chi connectivity index (χ4v) is 3.33. The average molecular weight is 371 g/mol. The number of thioether (sulfide) groups is 1. The molecule has 1 aliphatic rings. The Morgan fingerprint density at radius 3 is 2.42 bits per heavy atom. The van der Waals surface area contributed by atoms with Gasteiger partial charge in [0, 0.05) is 5.56 Å². The zero-order chi connectivity index (χ0) is 18.4. The maximum absolute atomic E-state index is 12.8. The molecule has 1 aliphatic heterocycles. The van der Waals surface area contributed by atoms with E-state index in [1.807, 2.05) is 66.9 Å². The topological polar surface area (TPSA) is 55.8 Å². The van der Waals surface area contributed by atoms with Crippen LogP contribution in [0.1, 0.15) is 23.8 Å². The third kappa shape index (κ3) is 4.19. The molecule has 136 valence electrons. The van der Waals surface area contributed by atoms with Crippen molar-refractivity contribution in [3.63, 3.8) is 0 Å². The van der Waals surface area contributed by atoms with Gasteiger partial charge in [-0.15, -0.1) is 0 Å². The molecule has 0 N–H and O–H groups in total. The van der Waals surface area contributed by atoms with Crippen LogP contribution < -0.4 is 0 Å². The van der Waals surface area contributed by atoms with Crippen LogP contribution in [0.4, 0.5) is 4.79 Å². The summed E-state index contributed by atoms with van der Waals surface area (Å²) in [5.74, 6) is 0.369. The minimum absolute atomic E-state index is 0.154. The van der Waals surface area contributed by atoms with Crippen LogP contribution in [0.15, 0.2) is 60.7 Å². The molecule has 1 heterocycles. The summed E-state index contributed by atoms with van der Waals surface area (Å²) in [7, 11) is 0. The first-order chi connectivity index (χ1) is 12.7. The molecular weight excluding hydrogens is 350 g/mol. The van der Waals surface area contributed by atoms with Gasteiger partial charge in [0.15, 0.2) is 0 Å². The molecule has 0 aromatic heterocycles. The van der Waals surface area contributed by atoms with Gasteiger partial charge in [-0.1, -0.05) is 60.7 Å². The van der Waals surface area contributed by atoms with Gasteiger partial charge in [-0.25, -0.2) is 9.59 Å². The Bertz CT molecular complexity index is 738. The highest BCUT2D eigenvalue weighted by Gasteiger charge is 2.46. The van der Waals surface area contributed by atoms with E-state index in [9.17, 15) is 9.59 Å². The highest BCUT2D eigenvalue weighted by atomic mass is 32.2. The van der Waals surface area contributed by atoms with E-state index in [2.05, 4.69) is 0 Å². The number of amides is 1. The monoisotopic (exact) mass is 371 g/mol. The van der Waals surface area contributed by atoms with Crippen LogP contribution in [0.3, 0.4) is 0 Å². The second-order valence-corrected chi connectivity index (χ2v) is 6.93. The molecule has 0 unspecified atom stereocenters. The number of carbonyl (C=O) groups excluding carboxylic acids is 2. The molecule has 0 aliphatic carbocycles. The summed E-state index contributed by atoms with van der Waals surface area (Å²) in [6, 6.07) is 18.1. The molecule has 1 fully saturated rings. The summed E-state index contributed by atoms with van der Waals surface area (Å²) < 4.78 is 11.0. The van der Waals surface area contributed by atoms with Crippen molar-refractivity contribution >= 4 is 23.8 Å². The van der Waals surface area contributed by atoms with E-state index < -0.39 is 18.4 Å². The van der Waals surface area contributed by atoms with Crippen LogP contribution in [-0.2, 0) is 20.9 Å². The van der Waals surface area contributed by atoms with Gasteiger partial charge in [-0.2, -0.15) is 11.8 Å². The van der Waals surface area contributed by atoms with Crippen LogP contribution in [0.25, 0.3) is 0 Å². The van der Waals surface area contributed by atoms with Gasteiger partial charge in [0.1, 0.15) is 12.6 Å². The van der Waals surface area contributed by atoms with E-state index in [4.69, 9.17) is 9.47 Å². The molecule has 6 heteroatoms. The predicted molar refractivity (Wildman–Crippen MR) is 101 cm³/mol. The van der Waals surface area contributed by atoms with Crippen LogP contribution >= 0.6 is 11.8 Å². The number of benzene rings is 2. The summed E-state index contributed by atoms with van der Waals surface area (Å²) in [6.45, 7) is 0.154.